The van der Waals surface area contributed by atoms with Gasteiger partial charge in [-0.25, -0.2) is 9.38 Å². The molecule has 4 rings (SSSR count). The summed E-state index contributed by atoms with van der Waals surface area (Å²) in [5, 5.41) is 10.8. The number of hydrogen-bond donors (Lipinski definition) is 3. The van der Waals surface area contributed by atoms with E-state index < -0.39 is 11.2 Å². The van der Waals surface area contributed by atoms with Gasteiger partial charge in [0.05, 0.1) is 11.9 Å². The fourth-order valence-corrected chi connectivity index (χ4v) is 2.92. The number of halogens is 1. The Labute approximate surface area is 162 Å². The molecule has 7 nitrogen and oxygen atoms in total. The Bertz CT molecular complexity index is 1060. The Morgan fingerprint density at radius 1 is 1.18 bits per heavy atom. The van der Waals surface area contributed by atoms with E-state index in [1.165, 1.54) is 6.07 Å². The topological polar surface area (TPSA) is 93.4 Å². The van der Waals surface area contributed by atoms with Crippen LogP contribution in [0, 0.1) is 18.2 Å². The molecule has 0 fully saturated rings. The van der Waals surface area contributed by atoms with Crippen molar-refractivity contribution in [3.05, 3.63) is 59.9 Å². The number of para-hydroxylation sites is 1. The number of hydrogen-bond acceptors (Lipinski definition) is 6. The van der Waals surface area contributed by atoms with Crippen LogP contribution in [0.4, 0.5) is 21.6 Å². The Morgan fingerprint density at radius 3 is 2.57 bits per heavy atom. The maximum atomic E-state index is 14.1. The number of benzene rings is 1. The molecule has 1 aromatic carbocycles. The quantitative estimate of drug-likeness (QED) is 0.635. The lowest BCUT2D eigenvalue weighted by Gasteiger charge is -2.42. The van der Waals surface area contributed by atoms with Crippen molar-refractivity contribution in [3.63, 3.8) is 0 Å². The van der Waals surface area contributed by atoms with Crippen LogP contribution >= 0.6 is 0 Å². The minimum absolute atomic E-state index is 0.344. The first-order valence-electron chi connectivity index (χ1n) is 9.02. The molecule has 0 aliphatic carbocycles. The number of rotatable bonds is 3. The van der Waals surface area contributed by atoms with Crippen LogP contribution in [0.2, 0.25) is 0 Å². The number of nitrogens with one attached hydrogen (secondary N) is 2. The molecule has 3 aromatic rings. The highest BCUT2D eigenvalue weighted by Gasteiger charge is 2.44. The Kier molecular flexibility index (Phi) is 4.04. The van der Waals surface area contributed by atoms with E-state index in [9.17, 15) is 4.39 Å². The first-order chi connectivity index (χ1) is 13.2. The Balaban J connectivity index is 1.84. The van der Waals surface area contributed by atoms with Crippen molar-refractivity contribution >= 4 is 23.0 Å². The molecule has 1 atom stereocenters. The lowest BCUT2D eigenvalue weighted by atomic mass is 9.87. The summed E-state index contributed by atoms with van der Waals surface area (Å²) in [4.78, 5) is 4.74. The van der Waals surface area contributed by atoms with Gasteiger partial charge >= 0.3 is 0 Å². The van der Waals surface area contributed by atoms with Crippen molar-refractivity contribution in [1.29, 1.82) is 0 Å². The van der Waals surface area contributed by atoms with E-state index in [1.807, 2.05) is 39.8 Å². The number of aliphatic imine (C=N–C) groups is 1. The molecule has 1 aliphatic rings. The number of aryl methyl sites for hydroxylation is 1. The highest BCUT2D eigenvalue weighted by molar-refractivity contribution is 6.02. The maximum absolute atomic E-state index is 14.1. The summed E-state index contributed by atoms with van der Waals surface area (Å²) in [6.07, 6.45) is 1.61. The van der Waals surface area contributed by atoms with E-state index in [0.29, 0.717) is 28.8 Å². The second kappa shape index (κ2) is 6.20. The van der Waals surface area contributed by atoms with Crippen LogP contribution in [0.5, 0.6) is 0 Å². The van der Waals surface area contributed by atoms with Crippen molar-refractivity contribution < 1.29 is 8.81 Å². The van der Waals surface area contributed by atoms with E-state index in [0.717, 1.165) is 5.76 Å². The molecular formula is C20H23FN6O. The first-order valence-corrected chi connectivity index (χ1v) is 9.02. The number of furan rings is 1. The van der Waals surface area contributed by atoms with Crippen LogP contribution in [0.3, 0.4) is 0 Å². The monoisotopic (exact) mass is 382 g/mol. The summed E-state index contributed by atoms with van der Waals surface area (Å²) >= 11 is 0. The first kappa shape index (κ1) is 18.2. The molecule has 3 heterocycles. The average Bonchev–Trinajstić information content (AvgIpc) is 3.22. The molecule has 0 radical (unpaired) electrons. The van der Waals surface area contributed by atoms with Crippen molar-refractivity contribution in [3.8, 4) is 0 Å². The van der Waals surface area contributed by atoms with Gasteiger partial charge in [-0.3, -0.25) is 5.73 Å². The Morgan fingerprint density at radius 2 is 1.93 bits per heavy atom. The number of nitrogens with two attached hydrogens (primary N) is 1. The van der Waals surface area contributed by atoms with Crippen LogP contribution in [-0.4, -0.2) is 21.4 Å². The van der Waals surface area contributed by atoms with Gasteiger partial charge < -0.3 is 15.1 Å². The minimum Gasteiger partial charge on any atom is -0.458 e. The average molecular weight is 382 g/mol. The zero-order valence-electron chi connectivity index (χ0n) is 16.2. The zero-order chi connectivity index (χ0) is 20.1. The predicted molar refractivity (Wildman–Crippen MR) is 107 cm³/mol. The molecule has 0 spiro atoms. The van der Waals surface area contributed by atoms with Gasteiger partial charge in [-0.2, -0.15) is 9.78 Å². The zero-order valence-corrected chi connectivity index (χ0v) is 16.2. The summed E-state index contributed by atoms with van der Waals surface area (Å²) in [5.74, 6) is 0.905. The van der Waals surface area contributed by atoms with E-state index in [-0.39, 0.29) is 5.82 Å². The highest BCUT2D eigenvalue weighted by atomic mass is 19.1. The maximum Gasteiger partial charge on any atom is 0.197 e. The summed E-state index contributed by atoms with van der Waals surface area (Å²) in [6, 6.07) is 10.1. The van der Waals surface area contributed by atoms with E-state index >= 15 is 0 Å². The second-order valence-corrected chi connectivity index (χ2v) is 7.91. The SMILES string of the molecule is Cc1ccc(C2=NC(N)(C(C)(C)C)Nc3c(Nc4ccccc4F)cnn32)o1. The molecule has 1 aliphatic heterocycles. The largest absolute Gasteiger partial charge is 0.458 e. The molecule has 0 amide bonds. The summed E-state index contributed by atoms with van der Waals surface area (Å²) < 4.78 is 21.5. The fraction of sp³-hybridized carbons (Fsp3) is 0.300. The van der Waals surface area contributed by atoms with Gasteiger partial charge in [-0.05, 0) is 31.2 Å². The molecule has 146 valence electrons. The third kappa shape index (κ3) is 2.95. The number of fused-ring (bicyclic) bond motifs is 1. The van der Waals surface area contributed by atoms with Crippen molar-refractivity contribution in [1.82, 2.24) is 9.78 Å². The van der Waals surface area contributed by atoms with Crippen LogP contribution in [0.1, 0.15) is 32.3 Å². The van der Waals surface area contributed by atoms with Crippen molar-refractivity contribution in [2.45, 2.75) is 33.5 Å². The van der Waals surface area contributed by atoms with E-state index in [1.54, 1.807) is 29.1 Å². The third-order valence-corrected chi connectivity index (χ3v) is 4.81. The number of nitrogens with zero attached hydrogens (tertiary/aromatic N) is 3. The van der Waals surface area contributed by atoms with Gasteiger partial charge in [0.25, 0.3) is 0 Å². The minimum atomic E-state index is -1.12. The molecule has 28 heavy (non-hydrogen) atoms. The molecular weight excluding hydrogens is 359 g/mol. The van der Waals surface area contributed by atoms with E-state index in [4.69, 9.17) is 15.1 Å². The van der Waals surface area contributed by atoms with Crippen molar-refractivity contribution in [2.75, 3.05) is 10.6 Å². The highest BCUT2D eigenvalue weighted by Crippen LogP contribution is 2.38. The molecule has 0 saturated heterocycles. The van der Waals surface area contributed by atoms with Gasteiger partial charge in [-0.1, -0.05) is 32.9 Å². The lowest BCUT2D eigenvalue weighted by Crippen LogP contribution is -2.59. The smallest absolute Gasteiger partial charge is 0.197 e. The van der Waals surface area contributed by atoms with Gasteiger partial charge in [-0.15, -0.1) is 0 Å². The predicted octanol–water partition coefficient (Wildman–Crippen LogP) is 4.05. The van der Waals surface area contributed by atoms with Crippen molar-refractivity contribution in [2.24, 2.45) is 16.1 Å². The standard InChI is InChI=1S/C20H23FN6O/c1-12-9-10-16(28-12)18-26-20(22,19(2,3)4)25-17-15(11-23-27(17)18)24-14-8-6-5-7-13(14)21/h5-11,24-25H,22H2,1-4H3. The van der Waals surface area contributed by atoms with Gasteiger partial charge in [0, 0.05) is 5.41 Å². The van der Waals surface area contributed by atoms with Crippen LogP contribution in [-0.2, 0) is 0 Å². The third-order valence-electron chi connectivity index (χ3n) is 4.81. The van der Waals surface area contributed by atoms with Gasteiger partial charge in [0.2, 0.25) is 0 Å². The summed E-state index contributed by atoms with van der Waals surface area (Å²) in [7, 11) is 0. The molecule has 1 unspecified atom stereocenters. The van der Waals surface area contributed by atoms with E-state index in [2.05, 4.69) is 15.7 Å². The number of anilines is 3. The number of aromatic nitrogens is 2. The van der Waals surface area contributed by atoms with Crippen LogP contribution in [0.25, 0.3) is 0 Å². The van der Waals surface area contributed by atoms with Crippen LogP contribution in [0.15, 0.2) is 52.0 Å². The molecule has 2 aromatic heterocycles. The second-order valence-electron chi connectivity index (χ2n) is 7.91. The molecule has 4 N–H and O–H groups in total. The Hall–Kier alpha value is -3.13. The van der Waals surface area contributed by atoms with Gasteiger partial charge in [0.1, 0.15) is 17.3 Å². The van der Waals surface area contributed by atoms with Crippen LogP contribution < -0.4 is 16.4 Å². The lowest BCUT2D eigenvalue weighted by molar-refractivity contribution is 0.224. The fourth-order valence-electron chi connectivity index (χ4n) is 2.92. The normalized spacial score (nSPS) is 19.0. The molecule has 8 heteroatoms. The summed E-state index contributed by atoms with van der Waals surface area (Å²) in [6.45, 7) is 7.83. The van der Waals surface area contributed by atoms with Gasteiger partial charge in [0.15, 0.2) is 23.2 Å². The summed E-state index contributed by atoms with van der Waals surface area (Å²) in [5.41, 5.74) is 7.15. The molecule has 0 saturated carbocycles. The molecule has 0 bridgehead atoms.